The molecule has 0 fully saturated rings. The van der Waals surface area contributed by atoms with Crippen molar-refractivity contribution in [1.82, 2.24) is 4.90 Å². The van der Waals surface area contributed by atoms with E-state index in [4.69, 9.17) is 10.8 Å². The number of aliphatic imine (C=N–C) groups is 1. The summed E-state index contributed by atoms with van der Waals surface area (Å²) >= 11 is 0. The first-order valence-electron chi connectivity index (χ1n) is 4.78. The maximum Gasteiger partial charge on any atom is 0.152 e. The molecule has 0 aliphatic heterocycles. The van der Waals surface area contributed by atoms with Crippen LogP contribution in [-0.2, 0) is 4.79 Å². The van der Waals surface area contributed by atoms with Crippen LogP contribution >= 0.6 is 0 Å². The van der Waals surface area contributed by atoms with Crippen molar-refractivity contribution in [3.8, 4) is 0 Å². The van der Waals surface area contributed by atoms with E-state index < -0.39 is 0 Å². The molecule has 0 saturated carbocycles. The third-order valence-corrected chi connectivity index (χ3v) is 1.78. The summed E-state index contributed by atoms with van der Waals surface area (Å²) in [4.78, 5) is 15.8. The highest BCUT2D eigenvalue weighted by Gasteiger charge is 2.08. The van der Waals surface area contributed by atoms with Gasteiger partial charge in [-0.1, -0.05) is 6.08 Å². The van der Waals surface area contributed by atoms with Gasteiger partial charge in [-0.2, -0.15) is 0 Å². The zero-order valence-electron chi connectivity index (χ0n) is 9.53. The number of carbonyl (C=O) groups excluding carboxylic acids is 1. The van der Waals surface area contributed by atoms with E-state index in [1.54, 1.807) is 0 Å². The van der Waals surface area contributed by atoms with Crippen LogP contribution in [0.5, 0.6) is 0 Å². The molecule has 2 N–H and O–H groups in total. The Morgan fingerprint density at radius 3 is 2.56 bits per heavy atom. The molecule has 0 heterocycles. The van der Waals surface area contributed by atoms with Crippen LogP contribution in [0.15, 0.2) is 28.9 Å². The second-order valence-corrected chi connectivity index (χ2v) is 2.94. The first-order valence-corrected chi connectivity index (χ1v) is 4.78. The molecule has 0 aromatic heterocycles. The minimum atomic E-state index is -0.0782. The van der Waals surface area contributed by atoms with Gasteiger partial charge in [0.05, 0.1) is 6.34 Å². The topological polar surface area (TPSA) is 80.4 Å². The molecule has 0 saturated heterocycles. The monoisotopic (exact) mass is 220 g/mol. The van der Waals surface area contributed by atoms with Gasteiger partial charge in [-0.15, -0.1) is 0 Å². The fourth-order valence-corrected chi connectivity index (χ4v) is 0.942. The molecule has 0 spiro atoms. The molecule has 0 amide bonds. The number of nitrogens with zero attached hydrogens (tertiary/aromatic N) is 2. The number of rotatable bonds is 6. The minimum Gasteiger partial charge on any atom is -0.317 e. The molecule has 0 unspecified atom stereocenters. The van der Waals surface area contributed by atoms with Crippen molar-refractivity contribution < 1.29 is 4.79 Å². The van der Waals surface area contributed by atoms with Gasteiger partial charge in [-0.25, -0.2) is 0 Å². The Hall–Kier alpha value is -2.04. The Morgan fingerprint density at radius 2 is 2.19 bits per heavy atom. The molecule has 86 valence electrons. The van der Waals surface area contributed by atoms with E-state index in [-0.39, 0.29) is 11.6 Å². The molecule has 0 rings (SSSR count). The molecule has 5 nitrogen and oxygen atoms in total. The second-order valence-electron chi connectivity index (χ2n) is 2.94. The molecule has 16 heavy (non-hydrogen) atoms. The number of carbonyl (C=O) groups is 1. The van der Waals surface area contributed by atoms with Crippen LogP contribution in [0.1, 0.15) is 13.8 Å². The van der Waals surface area contributed by atoms with Gasteiger partial charge < -0.3 is 4.90 Å². The van der Waals surface area contributed by atoms with E-state index in [1.165, 1.54) is 30.1 Å². The second kappa shape index (κ2) is 7.28. The van der Waals surface area contributed by atoms with Crippen LogP contribution in [0.2, 0.25) is 0 Å². The van der Waals surface area contributed by atoms with Gasteiger partial charge in [0, 0.05) is 6.54 Å². The first-order chi connectivity index (χ1) is 7.56. The highest BCUT2D eigenvalue weighted by atomic mass is 16.1. The predicted molar refractivity (Wildman–Crippen MR) is 66.3 cm³/mol. The fourth-order valence-electron chi connectivity index (χ4n) is 0.942. The van der Waals surface area contributed by atoms with E-state index in [0.717, 1.165) is 6.34 Å². The van der Waals surface area contributed by atoms with Crippen molar-refractivity contribution in [1.29, 1.82) is 10.8 Å². The average Bonchev–Trinajstić information content (AvgIpc) is 2.25. The van der Waals surface area contributed by atoms with E-state index in [0.29, 0.717) is 12.2 Å². The van der Waals surface area contributed by atoms with Crippen molar-refractivity contribution in [2.45, 2.75) is 13.8 Å². The molecular weight excluding hydrogens is 204 g/mol. The molecule has 0 aromatic carbocycles. The lowest BCUT2D eigenvalue weighted by Gasteiger charge is -2.16. The Bertz CT molecular complexity index is 355. The summed E-state index contributed by atoms with van der Waals surface area (Å²) < 4.78 is 0. The SMILES string of the molecule is C=N/C(=C\C=C/C(C)=O)C(=N)N(C=N)CC. The Balaban J connectivity index is 4.85. The lowest BCUT2D eigenvalue weighted by atomic mass is 10.3. The Labute approximate surface area is 95.2 Å². The highest BCUT2D eigenvalue weighted by Crippen LogP contribution is 2.02. The summed E-state index contributed by atoms with van der Waals surface area (Å²) in [6.07, 6.45) is 5.46. The van der Waals surface area contributed by atoms with Gasteiger partial charge in [0.25, 0.3) is 0 Å². The Kier molecular flexibility index (Phi) is 6.35. The van der Waals surface area contributed by atoms with E-state index in [1.807, 2.05) is 6.92 Å². The van der Waals surface area contributed by atoms with E-state index in [9.17, 15) is 4.79 Å². The van der Waals surface area contributed by atoms with Crippen molar-refractivity contribution in [3.05, 3.63) is 23.9 Å². The van der Waals surface area contributed by atoms with Gasteiger partial charge in [-0.05, 0) is 32.7 Å². The fraction of sp³-hybridized carbons (Fsp3) is 0.273. The molecular formula is C11H16N4O. The normalized spacial score (nSPS) is 11.2. The lowest BCUT2D eigenvalue weighted by molar-refractivity contribution is -0.112. The van der Waals surface area contributed by atoms with E-state index in [2.05, 4.69) is 11.7 Å². The van der Waals surface area contributed by atoms with Crippen LogP contribution < -0.4 is 0 Å². The van der Waals surface area contributed by atoms with Gasteiger partial charge in [0.15, 0.2) is 11.6 Å². The number of likely N-dealkylation sites (N-methyl/N-ethyl adjacent to an activating group) is 1. The lowest BCUT2D eigenvalue weighted by Crippen LogP contribution is -2.29. The molecule has 0 bridgehead atoms. The maximum absolute atomic E-state index is 10.7. The molecule has 5 heteroatoms. The van der Waals surface area contributed by atoms with Crippen molar-refractivity contribution in [3.63, 3.8) is 0 Å². The highest BCUT2D eigenvalue weighted by molar-refractivity contribution is 6.02. The smallest absolute Gasteiger partial charge is 0.152 e. The van der Waals surface area contributed by atoms with Crippen LogP contribution in [0.3, 0.4) is 0 Å². The van der Waals surface area contributed by atoms with E-state index >= 15 is 0 Å². The van der Waals surface area contributed by atoms with Gasteiger partial charge in [-0.3, -0.25) is 20.6 Å². The third kappa shape index (κ3) is 4.45. The van der Waals surface area contributed by atoms with Crippen LogP contribution in [0.4, 0.5) is 0 Å². The van der Waals surface area contributed by atoms with Crippen molar-refractivity contribution in [2.75, 3.05) is 6.54 Å². The summed E-state index contributed by atoms with van der Waals surface area (Å²) in [5.74, 6) is 0.00583. The summed E-state index contributed by atoms with van der Waals surface area (Å²) in [5, 5.41) is 14.8. The largest absolute Gasteiger partial charge is 0.317 e. The Morgan fingerprint density at radius 1 is 1.56 bits per heavy atom. The summed E-state index contributed by atoms with van der Waals surface area (Å²) in [6.45, 7) is 7.12. The van der Waals surface area contributed by atoms with Crippen LogP contribution in [0, 0.1) is 10.8 Å². The molecule has 0 atom stereocenters. The maximum atomic E-state index is 10.7. The van der Waals surface area contributed by atoms with Crippen molar-refractivity contribution >= 4 is 24.7 Å². The zero-order valence-corrected chi connectivity index (χ0v) is 9.53. The van der Waals surface area contributed by atoms with Gasteiger partial charge in [0.1, 0.15) is 5.70 Å². The number of ketones is 1. The predicted octanol–water partition coefficient (Wildman–Crippen LogP) is 1.62. The van der Waals surface area contributed by atoms with Crippen LogP contribution in [0.25, 0.3) is 0 Å². The minimum absolute atomic E-state index is 0.0782. The number of amidine groups is 1. The third-order valence-electron chi connectivity index (χ3n) is 1.78. The van der Waals surface area contributed by atoms with Gasteiger partial charge in [0.2, 0.25) is 0 Å². The van der Waals surface area contributed by atoms with Crippen LogP contribution in [-0.4, -0.2) is 36.1 Å². The summed E-state index contributed by atoms with van der Waals surface area (Å²) in [6, 6.07) is 0. The first kappa shape index (κ1) is 14.0. The summed E-state index contributed by atoms with van der Waals surface area (Å²) in [7, 11) is 0. The number of hydrogen-bond donors (Lipinski definition) is 2. The number of nitrogens with one attached hydrogen (secondary N) is 2. The quantitative estimate of drug-likeness (QED) is 0.309. The average molecular weight is 220 g/mol. The molecule has 0 radical (unpaired) electrons. The number of allylic oxidation sites excluding steroid dienone is 3. The van der Waals surface area contributed by atoms with Gasteiger partial charge >= 0.3 is 0 Å². The molecule has 0 aromatic rings. The summed E-state index contributed by atoms with van der Waals surface area (Å²) in [5.41, 5.74) is 0.322. The molecule has 0 aliphatic carbocycles. The molecule has 0 aliphatic rings. The zero-order chi connectivity index (χ0) is 12.6. The number of hydrogen-bond acceptors (Lipinski definition) is 4. The standard InChI is InChI=1S/C11H16N4O/c1-4-15(8-12)11(13)10(14-3)7-5-6-9(2)16/h5-8,12-13H,3-4H2,1-2H3/b6-5-,10-7-,12-8?,13-11?. The van der Waals surface area contributed by atoms with Crippen molar-refractivity contribution in [2.24, 2.45) is 4.99 Å².